The summed E-state index contributed by atoms with van der Waals surface area (Å²) in [6.45, 7) is 4.67. The number of rotatable bonds is 4. The molecule has 0 bridgehead atoms. The summed E-state index contributed by atoms with van der Waals surface area (Å²) in [4.78, 5) is 21.2. The molecule has 2 aromatic heterocycles. The van der Waals surface area contributed by atoms with E-state index in [1.165, 1.54) is 19.3 Å². The molecule has 27 heavy (non-hydrogen) atoms. The first-order valence-corrected chi connectivity index (χ1v) is 10.0. The van der Waals surface area contributed by atoms with Gasteiger partial charge in [-0.25, -0.2) is 0 Å². The summed E-state index contributed by atoms with van der Waals surface area (Å²) in [5.74, 6) is 2.34. The van der Waals surface area contributed by atoms with Crippen LogP contribution in [-0.2, 0) is 13.6 Å². The third-order valence-electron chi connectivity index (χ3n) is 5.79. The second-order valence-electron chi connectivity index (χ2n) is 7.70. The number of carbonyl (C=O) groups is 1. The molecule has 2 saturated heterocycles. The van der Waals surface area contributed by atoms with E-state index in [2.05, 4.69) is 31.7 Å². The highest BCUT2D eigenvalue weighted by Crippen LogP contribution is 2.27. The van der Waals surface area contributed by atoms with Gasteiger partial charge in [-0.3, -0.25) is 14.7 Å². The van der Waals surface area contributed by atoms with Gasteiger partial charge in [0.2, 0.25) is 0 Å². The molecule has 4 rings (SSSR count). The first-order chi connectivity index (χ1) is 13.2. The Kier molecular flexibility index (Phi) is 5.48. The van der Waals surface area contributed by atoms with Crippen molar-refractivity contribution in [3.05, 3.63) is 41.7 Å². The minimum absolute atomic E-state index is 0.0588. The largest absolute Gasteiger partial charge is 0.338 e. The van der Waals surface area contributed by atoms with Crippen molar-refractivity contribution in [2.24, 2.45) is 7.05 Å². The first kappa shape index (κ1) is 18.1. The molecule has 0 unspecified atom stereocenters. The quantitative estimate of drug-likeness (QED) is 0.828. The lowest BCUT2D eigenvalue weighted by molar-refractivity contribution is 0.0703. The van der Waals surface area contributed by atoms with Crippen molar-refractivity contribution >= 4 is 5.91 Å². The molecule has 2 aliphatic rings. The number of nitrogens with zero attached hydrogens (tertiary/aromatic N) is 6. The van der Waals surface area contributed by atoms with E-state index in [9.17, 15) is 4.79 Å². The van der Waals surface area contributed by atoms with Gasteiger partial charge >= 0.3 is 0 Å². The lowest BCUT2D eigenvalue weighted by atomic mass is 9.96. The van der Waals surface area contributed by atoms with Crippen LogP contribution in [0.2, 0.25) is 0 Å². The van der Waals surface area contributed by atoms with Crippen LogP contribution in [0.5, 0.6) is 0 Å². The maximum Gasteiger partial charge on any atom is 0.255 e. The molecule has 2 aliphatic heterocycles. The Bertz CT molecular complexity index is 768. The molecule has 7 heteroatoms. The summed E-state index contributed by atoms with van der Waals surface area (Å²) in [6.07, 6.45) is 9.27. The SMILES string of the molecule is Cn1c(CN2CCCCC2)nnc1[C@H]1CCCN(C(=O)c2cccnc2)C1. The molecule has 0 aromatic carbocycles. The second-order valence-corrected chi connectivity index (χ2v) is 7.70. The van der Waals surface area contributed by atoms with Crippen LogP contribution < -0.4 is 0 Å². The van der Waals surface area contributed by atoms with Gasteiger partial charge in [0.25, 0.3) is 5.91 Å². The molecule has 2 fully saturated rings. The molecule has 1 atom stereocenters. The average Bonchev–Trinajstić information content (AvgIpc) is 3.09. The van der Waals surface area contributed by atoms with E-state index in [1.807, 2.05) is 17.0 Å². The number of pyridine rings is 1. The van der Waals surface area contributed by atoms with E-state index in [0.29, 0.717) is 12.1 Å². The Morgan fingerprint density at radius 3 is 2.78 bits per heavy atom. The van der Waals surface area contributed by atoms with E-state index in [-0.39, 0.29) is 11.8 Å². The first-order valence-electron chi connectivity index (χ1n) is 10.0. The van der Waals surface area contributed by atoms with Crippen molar-refractivity contribution in [2.75, 3.05) is 26.2 Å². The summed E-state index contributed by atoms with van der Waals surface area (Å²) in [5, 5.41) is 8.98. The van der Waals surface area contributed by atoms with E-state index in [4.69, 9.17) is 0 Å². The van der Waals surface area contributed by atoms with Crippen molar-refractivity contribution in [1.82, 2.24) is 29.5 Å². The van der Waals surface area contributed by atoms with Crippen molar-refractivity contribution in [3.63, 3.8) is 0 Å². The molecular formula is C20H28N6O. The van der Waals surface area contributed by atoms with Gasteiger partial charge in [0, 0.05) is 38.4 Å². The Morgan fingerprint density at radius 2 is 2.00 bits per heavy atom. The fraction of sp³-hybridized carbons (Fsp3) is 0.600. The molecule has 0 aliphatic carbocycles. The van der Waals surface area contributed by atoms with Gasteiger partial charge in [-0.15, -0.1) is 10.2 Å². The highest BCUT2D eigenvalue weighted by Gasteiger charge is 2.29. The van der Waals surface area contributed by atoms with Crippen LogP contribution in [0.1, 0.15) is 60.0 Å². The fourth-order valence-corrected chi connectivity index (χ4v) is 4.23. The Morgan fingerprint density at radius 1 is 1.15 bits per heavy atom. The standard InChI is InChI=1S/C20H28N6O/c1-24-18(15-25-10-3-2-4-11-25)22-23-19(24)17-8-6-12-26(14-17)20(27)16-7-5-9-21-13-16/h5,7,9,13,17H,2-4,6,8,10-12,14-15H2,1H3/t17-/m0/s1. The molecule has 0 spiro atoms. The Hall–Kier alpha value is -2.28. The van der Waals surface area contributed by atoms with Gasteiger partial charge in [0.1, 0.15) is 11.6 Å². The van der Waals surface area contributed by atoms with Crippen molar-refractivity contribution in [1.29, 1.82) is 0 Å². The molecule has 7 nitrogen and oxygen atoms in total. The number of likely N-dealkylation sites (tertiary alicyclic amines) is 2. The predicted molar refractivity (Wildman–Crippen MR) is 102 cm³/mol. The van der Waals surface area contributed by atoms with Crippen LogP contribution in [0.15, 0.2) is 24.5 Å². The second kappa shape index (κ2) is 8.17. The smallest absolute Gasteiger partial charge is 0.255 e. The van der Waals surface area contributed by atoms with Crippen LogP contribution in [0, 0.1) is 0 Å². The third-order valence-corrected chi connectivity index (χ3v) is 5.79. The van der Waals surface area contributed by atoms with Gasteiger partial charge < -0.3 is 9.47 Å². The monoisotopic (exact) mass is 368 g/mol. The minimum Gasteiger partial charge on any atom is -0.338 e. The summed E-state index contributed by atoms with van der Waals surface area (Å²) in [6, 6.07) is 3.64. The number of piperidine rings is 2. The van der Waals surface area contributed by atoms with E-state index in [1.54, 1.807) is 12.4 Å². The van der Waals surface area contributed by atoms with Gasteiger partial charge in [0.05, 0.1) is 12.1 Å². The van der Waals surface area contributed by atoms with Crippen LogP contribution >= 0.6 is 0 Å². The third kappa shape index (κ3) is 4.03. The maximum atomic E-state index is 12.8. The van der Waals surface area contributed by atoms with Crippen molar-refractivity contribution < 1.29 is 4.79 Å². The van der Waals surface area contributed by atoms with E-state index < -0.39 is 0 Å². The topological polar surface area (TPSA) is 67.2 Å². The number of aromatic nitrogens is 4. The van der Waals surface area contributed by atoms with E-state index >= 15 is 0 Å². The number of carbonyl (C=O) groups excluding carboxylic acids is 1. The molecule has 144 valence electrons. The van der Waals surface area contributed by atoms with Gasteiger partial charge in [-0.05, 0) is 50.9 Å². The predicted octanol–water partition coefficient (Wildman–Crippen LogP) is 2.22. The Labute approximate surface area is 160 Å². The molecular weight excluding hydrogens is 340 g/mol. The van der Waals surface area contributed by atoms with E-state index in [0.717, 1.165) is 50.7 Å². The van der Waals surface area contributed by atoms with Crippen LogP contribution in [0.3, 0.4) is 0 Å². The highest BCUT2D eigenvalue weighted by molar-refractivity contribution is 5.93. The molecule has 0 radical (unpaired) electrons. The number of amides is 1. The number of hydrogen-bond donors (Lipinski definition) is 0. The molecule has 2 aromatic rings. The molecule has 4 heterocycles. The van der Waals surface area contributed by atoms with Gasteiger partial charge in [0.15, 0.2) is 0 Å². The molecule has 0 saturated carbocycles. The van der Waals surface area contributed by atoms with Gasteiger partial charge in [-0.1, -0.05) is 6.42 Å². The fourth-order valence-electron chi connectivity index (χ4n) is 4.23. The lowest BCUT2D eigenvalue weighted by Gasteiger charge is -2.32. The summed E-state index contributed by atoms with van der Waals surface area (Å²) in [7, 11) is 2.07. The van der Waals surface area contributed by atoms with Gasteiger partial charge in [-0.2, -0.15) is 0 Å². The summed E-state index contributed by atoms with van der Waals surface area (Å²) in [5.41, 5.74) is 0.655. The van der Waals surface area contributed by atoms with Crippen molar-refractivity contribution in [3.8, 4) is 0 Å². The van der Waals surface area contributed by atoms with Crippen LogP contribution in [0.4, 0.5) is 0 Å². The summed E-state index contributed by atoms with van der Waals surface area (Å²) >= 11 is 0. The molecule has 1 amide bonds. The zero-order valence-electron chi connectivity index (χ0n) is 16.0. The van der Waals surface area contributed by atoms with Crippen molar-refractivity contribution in [2.45, 2.75) is 44.6 Å². The zero-order valence-corrected chi connectivity index (χ0v) is 16.0. The summed E-state index contributed by atoms with van der Waals surface area (Å²) < 4.78 is 2.15. The minimum atomic E-state index is 0.0588. The highest BCUT2D eigenvalue weighted by atomic mass is 16.2. The van der Waals surface area contributed by atoms with Crippen LogP contribution in [-0.4, -0.2) is 61.6 Å². The Balaban J connectivity index is 1.44. The lowest BCUT2D eigenvalue weighted by Crippen LogP contribution is -2.39. The normalized spacial score (nSPS) is 21.4. The number of hydrogen-bond acceptors (Lipinski definition) is 5. The zero-order chi connectivity index (χ0) is 18.6. The molecule has 0 N–H and O–H groups in total. The maximum absolute atomic E-state index is 12.8. The average molecular weight is 368 g/mol. The van der Waals surface area contributed by atoms with Crippen LogP contribution in [0.25, 0.3) is 0 Å².